The molecule has 0 aromatic heterocycles. The van der Waals surface area contributed by atoms with Crippen molar-refractivity contribution in [1.29, 1.82) is 0 Å². The Balaban J connectivity index is 1.85. The lowest BCUT2D eigenvalue weighted by atomic mass is 10.1. The van der Waals surface area contributed by atoms with Gasteiger partial charge in [0.05, 0.1) is 64.2 Å². The van der Waals surface area contributed by atoms with Crippen LogP contribution in [0.15, 0.2) is 88.6 Å². The van der Waals surface area contributed by atoms with Crippen LogP contribution in [0, 0.1) is 6.92 Å². The number of ether oxygens (including phenoxy) is 1. The van der Waals surface area contributed by atoms with Crippen LogP contribution in [-0.4, -0.2) is 101 Å². The summed E-state index contributed by atoms with van der Waals surface area (Å²) in [7, 11) is -17.1. The average Bonchev–Trinajstić information content (AvgIpc) is 3.23. The number of sulfone groups is 2. The van der Waals surface area contributed by atoms with Gasteiger partial charge in [-0.3, -0.25) is 17.5 Å². The minimum Gasteiger partial charge on any atom is -0.505 e. The summed E-state index contributed by atoms with van der Waals surface area (Å²) >= 11 is 0.504. The van der Waals surface area contributed by atoms with Gasteiger partial charge in [0.2, 0.25) is 0 Å². The van der Waals surface area contributed by atoms with Gasteiger partial charge in [-0.2, -0.15) is 16.8 Å². The molecule has 4 aromatic rings. The van der Waals surface area contributed by atoms with E-state index in [1.807, 2.05) is 0 Å². The first-order chi connectivity index (χ1) is 30.2. The van der Waals surface area contributed by atoms with Crippen LogP contribution in [0.4, 0.5) is 28.4 Å². The highest BCUT2D eigenvalue weighted by Gasteiger charge is 2.25. The first-order valence-corrected chi connectivity index (χ1v) is 24.9. The summed E-state index contributed by atoms with van der Waals surface area (Å²) in [5.41, 5.74) is -1.55. The molecule has 352 valence electrons. The highest BCUT2D eigenvalue weighted by atomic mass is 32.2. The first kappa shape index (κ1) is 52.7. The molecule has 0 aliphatic heterocycles. The van der Waals surface area contributed by atoms with Gasteiger partial charge in [-0.05, 0) is 55.0 Å². The number of benzene rings is 4. The van der Waals surface area contributed by atoms with Crippen molar-refractivity contribution >= 4 is 116 Å². The van der Waals surface area contributed by atoms with Crippen molar-refractivity contribution in [3.63, 3.8) is 0 Å². The summed E-state index contributed by atoms with van der Waals surface area (Å²) < 4.78 is 147. The third kappa shape index (κ3) is 14.5. The molecule has 0 heterocycles. The Bertz CT molecular complexity index is 2820. The lowest BCUT2D eigenvalue weighted by molar-refractivity contribution is -0.434. The Morgan fingerprint density at radius 2 is 1.28 bits per heavy atom. The number of nitrogens with one attached hydrogen (secondary N) is 1. The molecule has 64 heavy (non-hydrogen) atoms. The fourth-order valence-electron chi connectivity index (χ4n) is 5.10. The number of aryl methyl sites for hydroxylation is 1. The average molecular weight is 1040 g/mol. The Morgan fingerprint density at radius 3 is 1.88 bits per heavy atom. The molecular formula is C29H31N5O23S7. The predicted octanol–water partition coefficient (Wildman–Crippen LogP) is 6.17. The van der Waals surface area contributed by atoms with Crippen molar-refractivity contribution in [2.75, 3.05) is 43.0 Å². The third-order valence-corrected chi connectivity index (χ3v) is 14.0. The van der Waals surface area contributed by atoms with E-state index in [-0.39, 0.29) is 97.9 Å². The van der Waals surface area contributed by atoms with Crippen LogP contribution in [0.25, 0.3) is 10.8 Å². The van der Waals surface area contributed by atoms with Gasteiger partial charge >= 0.3 is 0 Å². The highest BCUT2D eigenvalue weighted by Crippen LogP contribution is 2.49. The number of hydrogen-bond donors (Lipinski definition) is 7. The largest absolute Gasteiger partial charge is 0.505 e. The minimum absolute atomic E-state index is 0.0585. The molecule has 28 nitrogen and oxygen atoms in total. The molecule has 0 saturated carbocycles. The molecule has 0 amide bonds. The molecule has 4 aromatic carbocycles. The number of phenolic OH excluding ortho intramolecular Hbond substituents is 1. The maximum Gasteiger partial charge on any atom is 0.296 e. The molecule has 0 saturated heterocycles. The minimum atomic E-state index is -5.24. The normalized spacial score (nSPS) is 12.8. The van der Waals surface area contributed by atoms with Gasteiger partial charge < -0.3 is 15.2 Å². The Labute approximate surface area is 374 Å². The standard InChI is InChI=1S/C29H31N5O23S7/c1-16-11-22(23(49-2)14-25(16)62(41,42)10-8-51-60-57-54-38)32-34-28-24(58-55-52-36)13-19-18(29(28)35)4-6-21(30-15-63(43,44)45)27(19)33-31-20-5-3-17(12-26(20)64(46,47)48)61(39,40)9-7-50-59-56-53-37/h3-6,11-14,30,35-38H,7-10,15H2,1-2H3,(H,43,44,45)(H,46,47,48). The Morgan fingerprint density at radius 1 is 0.672 bits per heavy atom. The number of fused-ring (bicyclic) bond motifs is 1. The monoisotopic (exact) mass is 1040 g/mol. The van der Waals surface area contributed by atoms with Crippen LogP contribution in [0.3, 0.4) is 0 Å². The molecule has 0 radical (unpaired) electrons. The second-order valence-corrected chi connectivity index (χ2v) is 20.5. The fourth-order valence-corrected chi connectivity index (χ4v) is 9.76. The van der Waals surface area contributed by atoms with Crippen molar-refractivity contribution in [1.82, 2.24) is 0 Å². The van der Waals surface area contributed by atoms with Crippen molar-refractivity contribution in [2.24, 2.45) is 20.5 Å². The number of phenols is 1. The maximum absolute atomic E-state index is 13.1. The SMILES string of the molecule is COc1cc(S(=O)(=O)CCOSOOO)c(C)cc1N=Nc1c(SOOO)cc2c(N=Nc3ccc(S(=O)(=O)CCOSOOO)cc3S(=O)(=O)O)c(NCS(=O)(=O)O)ccc2c1O. The van der Waals surface area contributed by atoms with Crippen LogP contribution in [0.2, 0.25) is 0 Å². The topological polar surface area (TPSA) is 402 Å². The van der Waals surface area contributed by atoms with Gasteiger partial charge in [-0.1, -0.05) is 15.1 Å². The zero-order valence-corrected chi connectivity index (χ0v) is 37.6. The van der Waals surface area contributed by atoms with E-state index in [2.05, 4.69) is 53.9 Å². The van der Waals surface area contributed by atoms with Crippen LogP contribution in [0.5, 0.6) is 11.5 Å². The van der Waals surface area contributed by atoms with Crippen LogP contribution >= 0.6 is 36.7 Å². The summed E-state index contributed by atoms with van der Waals surface area (Å²) in [6.07, 6.45) is 0. The first-order valence-electron chi connectivity index (χ1n) is 16.5. The molecule has 0 atom stereocenters. The van der Waals surface area contributed by atoms with Gasteiger partial charge in [0.1, 0.15) is 39.3 Å². The molecule has 0 spiro atoms. The van der Waals surface area contributed by atoms with Crippen LogP contribution in [-0.2, 0) is 76.4 Å². The number of azo groups is 2. The van der Waals surface area contributed by atoms with Gasteiger partial charge in [0.25, 0.3) is 20.2 Å². The molecular weight excluding hydrogens is 1010 g/mol. The van der Waals surface area contributed by atoms with E-state index >= 15 is 0 Å². The van der Waals surface area contributed by atoms with Gasteiger partial charge in [0, 0.05) is 16.8 Å². The maximum atomic E-state index is 13.1. The van der Waals surface area contributed by atoms with Gasteiger partial charge in [-0.25, -0.2) is 32.6 Å². The second-order valence-electron chi connectivity index (χ2n) is 11.8. The Hall–Kier alpha value is -3.93. The lowest BCUT2D eigenvalue weighted by Gasteiger charge is -2.14. The van der Waals surface area contributed by atoms with E-state index in [0.29, 0.717) is 6.07 Å². The number of rotatable bonds is 26. The zero-order chi connectivity index (χ0) is 47.3. The van der Waals surface area contributed by atoms with E-state index in [0.717, 1.165) is 24.3 Å². The number of methoxy groups -OCH3 is 1. The summed E-state index contributed by atoms with van der Waals surface area (Å²) in [5.74, 6) is -3.21. The number of hydrogen-bond acceptors (Lipinski definition) is 29. The van der Waals surface area contributed by atoms with Gasteiger partial charge in [0.15, 0.2) is 50.1 Å². The molecule has 35 heteroatoms. The molecule has 0 aliphatic carbocycles. The summed E-state index contributed by atoms with van der Waals surface area (Å²) in [4.78, 5) is -2.08. The van der Waals surface area contributed by atoms with E-state index < -0.39 is 85.1 Å². The molecule has 4 rings (SSSR count). The van der Waals surface area contributed by atoms with Crippen LogP contribution < -0.4 is 10.1 Å². The number of aromatic hydroxyl groups is 1. The second kappa shape index (κ2) is 23.5. The van der Waals surface area contributed by atoms with E-state index in [9.17, 15) is 47.9 Å². The van der Waals surface area contributed by atoms with Crippen molar-refractivity contribution in [3.8, 4) is 11.5 Å². The highest BCUT2D eigenvalue weighted by molar-refractivity contribution is 7.94. The third-order valence-electron chi connectivity index (χ3n) is 7.78. The summed E-state index contributed by atoms with van der Waals surface area (Å²) in [5, 5.41) is 65.4. The van der Waals surface area contributed by atoms with E-state index in [1.54, 1.807) is 0 Å². The van der Waals surface area contributed by atoms with E-state index in [4.69, 9.17) is 28.9 Å². The Kier molecular flexibility index (Phi) is 19.3. The fraction of sp³-hybridized carbons (Fsp3) is 0.241. The smallest absolute Gasteiger partial charge is 0.296 e. The van der Waals surface area contributed by atoms with E-state index in [1.165, 1.54) is 32.2 Å². The van der Waals surface area contributed by atoms with Gasteiger partial charge in [-0.15, -0.1) is 33.5 Å². The molecule has 7 N–H and O–H groups in total. The molecule has 0 aliphatic rings. The van der Waals surface area contributed by atoms with Crippen molar-refractivity contribution < 1.29 is 105 Å². The quantitative estimate of drug-likeness (QED) is 0.00922. The summed E-state index contributed by atoms with van der Waals surface area (Å²) in [6.45, 7) is 0.512. The van der Waals surface area contributed by atoms with Crippen molar-refractivity contribution in [2.45, 2.75) is 26.5 Å². The van der Waals surface area contributed by atoms with Crippen LogP contribution in [0.1, 0.15) is 5.56 Å². The molecule has 0 fully saturated rings. The lowest BCUT2D eigenvalue weighted by Crippen LogP contribution is -2.13. The molecule has 0 bridgehead atoms. The predicted molar refractivity (Wildman–Crippen MR) is 219 cm³/mol. The molecule has 0 unspecified atom stereocenters. The van der Waals surface area contributed by atoms with Crippen molar-refractivity contribution in [3.05, 3.63) is 54.1 Å². The zero-order valence-electron chi connectivity index (χ0n) is 31.9. The number of nitrogens with zero attached hydrogens (tertiary/aromatic N) is 4. The number of anilines is 1. The summed E-state index contributed by atoms with van der Waals surface area (Å²) in [6, 6.07) is 8.33.